The third kappa shape index (κ3) is 1.13. The normalized spacial score (nSPS) is 21.3. The van der Waals surface area contributed by atoms with Gasteiger partial charge < -0.3 is 0 Å². The third-order valence-electron chi connectivity index (χ3n) is 3.23. The molecule has 0 amide bonds. The highest BCUT2D eigenvalue weighted by molar-refractivity contribution is 7.91. The first-order valence-corrected chi connectivity index (χ1v) is 6.73. The maximum Gasteiger partial charge on any atom is 0.255 e. The van der Waals surface area contributed by atoms with Gasteiger partial charge in [-0.05, 0) is 30.9 Å². The van der Waals surface area contributed by atoms with E-state index >= 15 is 0 Å². The summed E-state index contributed by atoms with van der Waals surface area (Å²) in [7, 11) is -3.19. The van der Waals surface area contributed by atoms with Gasteiger partial charge in [0.15, 0.2) is 9.84 Å². The molecule has 1 aliphatic carbocycles. The van der Waals surface area contributed by atoms with Gasteiger partial charge in [-0.15, -0.1) is 0 Å². The number of aryl methyl sites for hydroxylation is 1. The van der Waals surface area contributed by atoms with E-state index in [0.29, 0.717) is 6.54 Å². The van der Waals surface area contributed by atoms with Gasteiger partial charge in [-0.25, -0.2) is 8.42 Å². The Morgan fingerprint density at radius 2 is 2.07 bits per heavy atom. The molecule has 1 aliphatic heterocycles. The van der Waals surface area contributed by atoms with Crippen LogP contribution in [0.4, 0.5) is 0 Å². The maximum absolute atomic E-state index is 11.9. The van der Waals surface area contributed by atoms with Crippen LogP contribution in [0.15, 0.2) is 15.9 Å². The molecule has 0 N–H and O–H groups in total. The van der Waals surface area contributed by atoms with Gasteiger partial charge in [-0.3, -0.25) is 9.36 Å². The molecule has 1 aromatic rings. The van der Waals surface area contributed by atoms with Crippen LogP contribution in [0.5, 0.6) is 0 Å². The van der Waals surface area contributed by atoms with Crippen molar-refractivity contribution in [3.63, 3.8) is 0 Å². The molecular formula is C10H11NO3S. The molecule has 4 nitrogen and oxygen atoms in total. The van der Waals surface area contributed by atoms with Crippen molar-refractivity contribution in [1.29, 1.82) is 0 Å². The van der Waals surface area contributed by atoms with Gasteiger partial charge in [0.1, 0.15) is 5.03 Å². The number of pyridine rings is 1. The lowest BCUT2D eigenvalue weighted by Crippen LogP contribution is -2.23. The van der Waals surface area contributed by atoms with E-state index in [1.54, 1.807) is 6.07 Å². The number of nitrogens with zero attached hydrogens (tertiary/aromatic N) is 1. The van der Waals surface area contributed by atoms with Gasteiger partial charge in [-0.2, -0.15) is 0 Å². The van der Waals surface area contributed by atoms with Crippen molar-refractivity contribution >= 4 is 9.84 Å². The zero-order valence-electron chi connectivity index (χ0n) is 8.19. The van der Waals surface area contributed by atoms with Crippen molar-refractivity contribution in [2.75, 3.05) is 5.75 Å². The maximum atomic E-state index is 11.9. The fourth-order valence-corrected chi connectivity index (χ4v) is 3.91. The molecule has 0 spiro atoms. The van der Waals surface area contributed by atoms with E-state index in [1.807, 2.05) is 0 Å². The standard InChI is InChI=1S/C10H11NO3S/c12-10-8-3-1-2-7(8)6-9-11(10)4-5-15(9,13)14/h6H,1-5H2. The first kappa shape index (κ1) is 9.15. The van der Waals surface area contributed by atoms with Crippen LogP contribution in [-0.4, -0.2) is 18.7 Å². The van der Waals surface area contributed by atoms with Crippen LogP contribution in [-0.2, 0) is 29.2 Å². The molecule has 2 aliphatic rings. The van der Waals surface area contributed by atoms with E-state index in [1.165, 1.54) is 4.57 Å². The van der Waals surface area contributed by atoms with Crippen LogP contribution in [0, 0.1) is 0 Å². The summed E-state index contributed by atoms with van der Waals surface area (Å²) in [5, 5.41) is 0.230. The Morgan fingerprint density at radius 3 is 2.87 bits per heavy atom. The zero-order chi connectivity index (χ0) is 10.6. The monoisotopic (exact) mass is 225 g/mol. The van der Waals surface area contributed by atoms with E-state index in [0.717, 1.165) is 30.4 Å². The predicted molar refractivity (Wildman–Crippen MR) is 54.8 cm³/mol. The van der Waals surface area contributed by atoms with Crippen molar-refractivity contribution in [3.05, 3.63) is 27.5 Å². The molecule has 0 bridgehead atoms. The molecule has 0 fully saturated rings. The lowest BCUT2D eigenvalue weighted by Gasteiger charge is -2.05. The second-order valence-electron chi connectivity index (χ2n) is 4.12. The summed E-state index contributed by atoms with van der Waals surface area (Å²) < 4.78 is 24.7. The second-order valence-corrected chi connectivity index (χ2v) is 6.17. The summed E-state index contributed by atoms with van der Waals surface area (Å²) in [6.45, 7) is 0.323. The van der Waals surface area contributed by atoms with Gasteiger partial charge in [0.2, 0.25) is 0 Å². The summed E-state index contributed by atoms with van der Waals surface area (Å²) in [6.07, 6.45) is 2.61. The van der Waals surface area contributed by atoms with E-state index in [-0.39, 0.29) is 16.3 Å². The summed E-state index contributed by atoms with van der Waals surface area (Å²) in [5.41, 5.74) is 1.69. The summed E-state index contributed by atoms with van der Waals surface area (Å²) in [5.74, 6) is 0.0745. The van der Waals surface area contributed by atoms with Crippen LogP contribution in [0.1, 0.15) is 17.5 Å². The first-order valence-electron chi connectivity index (χ1n) is 5.08. The van der Waals surface area contributed by atoms with Crippen LogP contribution in [0.2, 0.25) is 0 Å². The van der Waals surface area contributed by atoms with Crippen LogP contribution in [0.3, 0.4) is 0 Å². The fraction of sp³-hybridized carbons (Fsp3) is 0.500. The van der Waals surface area contributed by atoms with Crippen molar-refractivity contribution in [3.8, 4) is 0 Å². The highest BCUT2D eigenvalue weighted by Crippen LogP contribution is 2.25. The number of hydrogen-bond acceptors (Lipinski definition) is 3. The highest BCUT2D eigenvalue weighted by Gasteiger charge is 2.30. The van der Waals surface area contributed by atoms with Crippen molar-refractivity contribution < 1.29 is 8.42 Å². The topological polar surface area (TPSA) is 56.1 Å². The Balaban J connectivity index is 2.41. The summed E-state index contributed by atoms with van der Waals surface area (Å²) in [4.78, 5) is 11.9. The Morgan fingerprint density at radius 1 is 1.27 bits per heavy atom. The summed E-state index contributed by atoms with van der Waals surface area (Å²) in [6, 6.07) is 1.70. The van der Waals surface area contributed by atoms with Crippen molar-refractivity contribution in [2.45, 2.75) is 30.8 Å². The molecular weight excluding hydrogens is 214 g/mol. The number of aromatic nitrogens is 1. The average Bonchev–Trinajstić information content (AvgIpc) is 2.73. The fourth-order valence-electron chi connectivity index (χ4n) is 2.45. The average molecular weight is 225 g/mol. The minimum absolute atomic E-state index is 0.0745. The van der Waals surface area contributed by atoms with Crippen molar-refractivity contribution in [1.82, 2.24) is 4.57 Å². The molecule has 3 rings (SSSR count). The molecule has 5 heteroatoms. The SMILES string of the molecule is O=c1c2c(cc3n1CCS3(=O)=O)CCC2. The van der Waals surface area contributed by atoms with Gasteiger partial charge in [-0.1, -0.05) is 0 Å². The number of rotatable bonds is 0. The molecule has 0 aromatic carbocycles. The second kappa shape index (κ2) is 2.72. The number of hydrogen-bond donors (Lipinski definition) is 0. The highest BCUT2D eigenvalue weighted by atomic mass is 32.2. The zero-order valence-corrected chi connectivity index (χ0v) is 9.01. The van der Waals surface area contributed by atoms with Gasteiger partial charge >= 0.3 is 0 Å². The molecule has 0 atom stereocenters. The van der Waals surface area contributed by atoms with Crippen LogP contribution in [0.25, 0.3) is 0 Å². The molecule has 1 aromatic heterocycles. The molecule has 80 valence electrons. The Labute approximate surface area is 87.5 Å². The lowest BCUT2D eigenvalue weighted by molar-refractivity contribution is 0.597. The van der Waals surface area contributed by atoms with Gasteiger partial charge in [0.05, 0.1) is 5.75 Å². The predicted octanol–water partition coefficient (Wildman–Crippen LogP) is 0.124. The Bertz CT molecular complexity index is 598. The molecule has 2 heterocycles. The Hall–Kier alpha value is -1.10. The Kier molecular flexibility index (Phi) is 1.66. The van der Waals surface area contributed by atoms with Crippen LogP contribution >= 0.6 is 0 Å². The summed E-state index contributed by atoms with van der Waals surface area (Å²) >= 11 is 0. The van der Waals surface area contributed by atoms with Gasteiger partial charge in [0, 0.05) is 12.1 Å². The van der Waals surface area contributed by atoms with E-state index in [9.17, 15) is 13.2 Å². The smallest absolute Gasteiger partial charge is 0.255 e. The van der Waals surface area contributed by atoms with Crippen molar-refractivity contribution in [2.24, 2.45) is 0 Å². The molecule has 0 radical (unpaired) electrons. The molecule has 0 saturated carbocycles. The quantitative estimate of drug-likeness (QED) is 0.630. The first-order chi connectivity index (χ1) is 7.09. The molecule has 0 saturated heterocycles. The van der Waals surface area contributed by atoms with E-state index in [2.05, 4.69) is 0 Å². The molecule has 0 unspecified atom stereocenters. The van der Waals surface area contributed by atoms with Crippen LogP contribution < -0.4 is 5.56 Å². The number of fused-ring (bicyclic) bond motifs is 2. The lowest BCUT2D eigenvalue weighted by atomic mass is 10.2. The van der Waals surface area contributed by atoms with E-state index < -0.39 is 9.84 Å². The third-order valence-corrected chi connectivity index (χ3v) is 4.93. The number of sulfone groups is 1. The minimum atomic E-state index is -3.19. The van der Waals surface area contributed by atoms with E-state index in [4.69, 9.17) is 0 Å². The van der Waals surface area contributed by atoms with Gasteiger partial charge in [0.25, 0.3) is 5.56 Å². The largest absolute Gasteiger partial charge is 0.298 e. The molecule has 15 heavy (non-hydrogen) atoms. The minimum Gasteiger partial charge on any atom is -0.298 e.